The minimum absolute atomic E-state index is 0.457. The van der Waals surface area contributed by atoms with E-state index in [-0.39, 0.29) is 0 Å². The standard InChI is InChI=1S/C22H18Cl2N2O2/c1-27-20-8-4-5-9-21(20)28-13-12-26-19-7-3-2-6-18(19)25-22(26)16-11-10-15(23)14-17(16)24/h2-11,14H,12-13H2,1H3. The molecule has 0 amide bonds. The molecule has 0 atom stereocenters. The van der Waals surface area contributed by atoms with Crippen LogP contribution in [0.4, 0.5) is 0 Å². The Balaban J connectivity index is 1.67. The lowest BCUT2D eigenvalue weighted by Crippen LogP contribution is -2.10. The van der Waals surface area contributed by atoms with Crippen LogP contribution in [0.1, 0.15) is 0 Å². The molecule has 0 saturated carbocycles. The molecular weight excluding hydrogens is 395 g/mol. The smallest absolute Gasteiger partial charge is 0.161 e. The first-order valence-electron chi connectivity index (χ1n) is 8.84. The molecule has 0 radical (unpaired) electrons. The number of ether oxygens (including phenoxy) is 2. The molecule has 0 aliphatic heterocycles. The quantitative estimate of drug-likeness (QED) is 0.383. The van der Waals surface area contributed by atoms with Crippen molar-refractivity contribution < 1.29 is 9.47 Å². The van der Waals surface area contributed by atoms with E-state index in [1.165, 1.54) is 0 Å². The Hall–Kier alpha value is -2.69. The van der Waals surface area contributed by atoms with Gasteiger partial charge in [0.2, 0.25) is 0 Å². The highest BCUT2D eigenvalue weighted by atomic mass is 35.5. The summed E-state index contributed by atoms with van der Waals surface area (Å²) in [5, 5.41) is 1.16. The van der Waals surface area contributed by atoms with Gasteiger partial charge in [-0.2, -0.15) is 0 Å². The van der Waals surface area contributed by atoms with Crippen molar-refractivity contribution in [3.63, 3.8) is 0 Å². The van der Waals surface area contributed by atoms with Gasteiger partial charge in [0.1, 0.15) is 12.4 Å². The average Bonchev–Trinajstić information content (AvgIpc) is 3.07. The molecule has 0 fully saturated rings. The minimum Gasteiger partial charge on any atom is -0.493 e. The maximum absolute atomic E-state index is 6.45. The molecule has 4 rings (SSSR count). The molecule has 0 bridgehead atoms. The molecule has 6 heteroatoms. The number of fused-ring (bicyclic) bond motifs is 1. The van der Waals surface area contributed by atoms with Crippen LogP contribution in [0.3, 0.4) is 0 Å². The van der Waals surface area contributed by atoms with Crippen LogP contribution in [0.15, 0.2) is 66.7 Å². The van der Waals surface area contributed by atoms with E-state index in [1.54, 1.807) is 13.2 Å². The molecule has 0 unspecified atom stereocenters. The van der Waals surface area contributed by atoms with Gasteiger partial charge in [0.05, 0.1) is 29.7 Å². The number of methoxy groups -OCH3 is 1. The first-order valence-corrected chi connectivity index (χ1v) is 9.59. The fourth-order valence-corrected chi connectivity index (χ4v) is 3.66. The first-order chi connectivity index (χ1) is 13.7. The number of nitrogens with zero attached hydrogens (tertiary/aromatic N) is 2. The van der Waals surface area contributed by atoms with E-state index >= 15 is 0 Å². The van der Waals surface area contributed by atoms with Crippen molar-refractivity contribution in [2.75, 3.05) is 13.7 Å². The average molecular weight is 413 g/mol. The van der Waals surface area contributed by atoms with Crippen molar-refractivity contribution in [3.05, 3.63) is 76.8 Å². The molecule has 0 aliphatic rings. The summed E-state index contributed by atoms with van der Waals surface area (Å²) in [5.74, 6) is 2.20. The van der Waals surface area contributed by atoms with Crippen molar-refractivity contribution >= 4 is 34.2 Å². The molecule has 142 valence electrons. The monoisotopic (exact) mass is 412 g/mol. The Morgan fingerprint density at radius 1 is 0.929 bits per heavy atom. The largest absolute Gasteiger partial charge is 0.493 e. The van der Waals surface area contributed by atoms with Gasteiger partial charge >= 0.3 is 0 Å². The fraction of sp³-hybridized carbons (Fsp3) is 0.136. The molecular formula is C22H18Cl2N2O2. The van der Waals surface area contributed by atoms with E-state index in [4.69, 9.17) is 37.7 Å². The Kier molecular flexibility index (Phi) is 5.42. The fourth-order valence-electron chi connectivity index (χ4n) is 3.16. The number of aromatic nitrogens is 2. The Bertz CT molecular complexity index is 1120. The number of halogens is 2. The maximum atomic E-state index is 6.45. The number of rotatable bonds is 6. The normalized spacial score (nSPS) is 11.0. The zero-order valence-corrected chi connectivity index (χ0v) is 16.7. The number of imidazole rings is 1. The summed E-state index contributed by atoms with van der Waals surface area (Å²) in [5.41, 5.74) is 2.76. The third kappa shape index (κ3) is 3.66. The van der Waals surface area contributed by atoms with Crippen molar-refractivity contribution in [2.45, 2.75) is 6.54 Å². The van der Waals surface area contributed by atoms with Crippen LogP contribution in [0.2, 0.25) is 10.0 Å². The predicted octanol–water partition coefficient (Wildman–Crippen LogP) is 6.10. The maximum Gasteiger partial charge on any atom is 0.161 e. The van der Waals surface area contributed by atoms with Crippen molar-refractivity contribution in [3.8, 4) is 22.9 Å². The number of para-hydroxylation sites is 4. The summed E-state index contributed by atoms with van der Waals surface area (Å²) in [6.07, 6.45) is 0. The molecule has 0 spiro atoms. The van der Waals surface area contributed by atoms with E-state index in [0.29, 0.717) is 34.7 Å². The van der Waals surface area contributed by atoms with E-state index in [2.05, 4.69) is 4.57 Å². The van der Waals surface area contributed by atoms with E-state index in [9.17, 15) is 0 Å². The molecule has 4 aromatic rings. The molecule has 28 heavy (non-hydrogen) atoms. The highest BCUT2D eigenvalue weighted by Gasteiger charge is 2.15. The van der Waals surface area contributed by atoms with Gasteiger partial charge in [-0.1, -0.05) is 47.5 Å². The minimum atomic E-state index is 0.457. The molecule has 0 N–H and O–H groups in total. The van der Waals surface area contributed by atoms with Gasteiger partial charge in [-0.05, 0) is 42.5 Å². The summed E-state index contributed by atoms with van der Waals surface area (Å²) >= 11 is 12.5. The van der Waals surface area contributed by atoms with Gasteiger partial charge in [-0.15, -0.1) is 0 Å². The van der Waals surface area contributed by atoms with Crippen LogP contribution in [0.25, 0.3) is 22.4 Å². The van der Waals surface area contributed by atoms with Gasteiger partial charge in [0.15, 0.2) is 11.5 Å². The number of hydrogen-bond acceptors (Lipinski definition) is 3. The van der Waals surface area contributed by atoms with Crippen LogP contribution in [-0.2, 0) is 6.54 Å². The van der Waals surface area contributed by atoms with E-state index in [1.807, 2.05) is 60.7 Å². The first kappa shape index (κ1) is 18.7. The van der Waals surface area contributed by atoms with Crippen molar-refractivity contribution in [1.82, 2.24) is 9.55 Å². The zero-order chi connectivity index (χ0) is 19.5. The van der Waals surface area contributed by atoms with Gasteiger partial charge in [0.25, 0.3) is 0 Å². The van der Waals surface area contributed by atoms with E-state index < -0.39 is 0 Å². The highest BCUT2D eigenvalue weighted by Crippen LogP contribution is 2.32. The summed E-state index contributed by atoms with van der Waals surface area (Å²) in [4.78, 5) is 4.79. The zero-order valence-electron chi connectivity index (χ0n) is 15.2. The summed E-state index contributed by atoms with van der Waals surface area (Å²) in [6.45, 7) is 1.06. The van der Waals surface area contributed by atoms with Crippen LogP contribution in [-0.4, -0.2) is 23.3 Å². The Morgan fingerprint density at radius 3 is 2.46 bits per heavy atom. The Labute approximate surface area is 173 Å². The van der Waals surface area contributed by atoms with Crippen LogP contribution < -0.4 is 9.47 Å². The van der Waals surface area contributed by atoms with Crippen LogP contribution in [0, 0.1) is 0 Å². The summed E-state index contributed by atoms with van der Waals surface area (Å²) < 4.78 is 13.4. The molecule has 1 heterocycles. The van der Waals surface area contributed by atoms with E-state index in [0.717, 1.165) is 22.4 Å². The lowest BCUT2D eigenvalue weighted by atomic mass is 10.2. The molecule has 4 nitrogen and oxygen atoms in total. The van der Waals surface area contributed by atoms with Gasteiger partial charge in [0, 0.05) is 10.6 Å². The highest BCUT2D eigenvalue weighted by molar-refractivity contribution is 6.36. The number of hydrogen-bond donors (Lipinski definition) is 0. The SMILES string of the molecule is COc1ccccc1OCCn1c(-c2ccc(Cl)cc2Cl)nc2ccccc21. The third-order valence-electron chi connectivity index (χ3n) is 4.47. The Morgan fingerprint density at radius 2 is 1.68 bits per heavy atom. The molecule has 0 aliphatic carbocycles. The molecule has 1 aromatic heterocycles. The lowest BCUT2D eigenvalue weighted by Gasteiger charge is -2.13. The van der Waals surface area contributed by atoms with Crippen LogP contribution in [0.5, 0.6) is 11.5 Å². The van der Waals surface area contributed by atoms with Gasteiger partial charge < -0.3 is 14.0 Å². The van der Waals surface area contributed by atoms with Crippen molar-refractivity contribution in [1.29, 1.82) is 0 Å². The molecule has 0 saturated heterocycles. The molecule has 3 aromatic carbocycles. The second-order valence-corrected chi connectivity index (χ2v) is 7.04. The summed E-state index contributed by atoms with van der Waals surface area (Å²) in [7, 11) is 1.63. The topological polar surface area (TPSA) is 36.3 Å². The van der Waals surface area contributed by atoms with Gasteiger partial charge in [-0.3, -0.25) is 0 Å². The van der Waals surface area contributed by atoms with Gasteiger partial charge in [-0.25, -0.2) is 4.98 Å². The summed E-state index contributed by atoms with van der Waals surface area (Å²) in [6, 6.07) is 21.0. The lowest BCUT2D eigenvalue weighted by molar-refractivity contribution is 0.281. The third-order valence-corrected chi connectivity index (χ3v) is 5.02. The second-order valence-electron chi connectivity index (χ2n) is 6.20. The van der Waals surface area contributed by atoms with Crippen LogP contribution >= 0.6 is 23.2 Å². The number of benzene rings is 3. The predicted molar refractivity (Wildman–Crippen MR) is 114 cm³/mol. The second kappa shape index (κ2) is 8.13. The van der Waals surface area contributed by atoms with Crippen molar-refractivity contribution in [2.24, 2.45) is 0 Å².